The van der Waals surface area contributed by atoms with Gasteiger partial charge in [0.15, 0.2) is 0 Å². The molecular formula is C11H21NO2. The molecule has 14 heavy (non-hydrogen) atoms. The lowest BCUT2D eigenvalue weighted by Gasteiger charge is -2.29. The van der Waals surface area contributed by atoms with E-state index in [1.54, 1.807) is 0 Å². The van der Waals surface area contributed by atoms with Gasteiger partial charge in [0.2, 0.25) is 0 Å². The number of hydrogen-bond donors (Lipinski definition) is 1. The second-order valence-electron chi connectivity index (χ2n) is 4.80. The summed E-state index contributed by atoms with van der Waals surface area (Å²) < 4.78 is 0. The molecular weight excluding hydrogens is 178 g/mol. The van der Waals surface area contributed by atoms with Crippen molar-refractivity contribution in [2.24, 2.45) is 11.8 Å². The first-order valence-corrected chi connectivity index (χ1v) is 5.46. The van der Waals surface area contributed by atoms with Crippen molar-refractivity contribution in [3.05, 3.63) is 0 Å². The van der Waals surface area contributed by atoms with Gasteiger partial charge in [0.1, 0.15) is 0 Å². The Morgan fingerprint density at radius 2 is 2.00 bits per heavy atom. The molecule has 0 aliphatic heterocycles. The van der Waals surface area contributed by atoms with Gasteiger partial charge in [0, 0.05) is 12.6 Å². The molecule has 0 amide bonds. The van der Waals surface area contributed by atoms with E-state index in [0.717, 1.165) is 12.5 Å². The molecule has 0 aromatic heterocycles. The molecule has 1 unspecified atom stereocenters. The molecule has 1 saturated carbocycles. The molecule has 82 valence electrons. The van der Waals surface area contributed by atoms with Gasteiger partial charge in [-0.3, -0.25) is 9.69 Å². The molecule has 1 aliphatic rings. The van der Waals surface area contributed by atoms with Crippen LogP contribution in [0.4, 0.5) is 0 Å². The number of rotatable bonds is 6. The Balaban J connectivity index is 2.45. The minimum absolute atomic E-state index is 0.190. The second-order valence-corrected chi connectivity index (χ2v) is 4.80. The fraction of sp³-hybridized carbons (Fsp3) is 0.909. The maximum Gasteiger partial charge on any atom is 0.317 e. The van der Waals surface area contributed by atoms with E-state index in [4.69, 9.17) is 5.11 Å². The molecule has 1 fully saturated rings. The molecule has 0 bridgehead atoms. The normalized spacial score (nSPS) is 18.9. The van der Waals surface area contributed by atoms with Crippen LogP contribution in [0.5, 0.6) is 0 Å². The standard InChI is InChI=1S/C11H21NO2/c1-8(2)6-12(7-11(13)14)9(3)10-4-5-10/h8-10H,4-7H2,1-3H3,(H,13,14). The van der Waals surface area contributed by atoms with E-state index in [-0.39, 0.29) is 6.54 Å². The Labute approximate surface area is 86.1 Å². The number of carboxylic acids is 1. The SMILES string of the molecule is CC(C)CN(CC(=O)O)C(C)C1CC1. The van der Waals surface area contributed by atoms with Gasteiger partial charge < -0.3 is 5.11 Å². The highest BCUT2D eigenvalue weighted by Crippen LogP contribution is 2.35. The molecule has 1 aliphatic carbocycles. The van der Waals surface area contributed by atoms with Crippen LogP contribution in [0.2, 0.25) is 0 Å². The number of carboxylic acid groups (broad SMARTS) is 1. The largest absolute Gasteiger partial charge is 0.480 e. The van der Waals surface area contributed by atoms with E-state index in [0.29, 0.717) is 12.0 Å². The average Bonchev–Trinajstić information content (AvgIpc) is 2.82. The Morgan fingerprint density at radius 1 is 1.43 bits per heavy atom. The van der Waals surface area contributed by atoms with Gasteiger partial charge in [-0.25, -0.2) is 0 Å². The first-order chi connectivity index (χ1) is 6.50. The fourth-order valence-electron chi connectivity index (χ4n) is 1.89. The van der Waals surface area contributed by atoms with Crippen LogP contribution in [0, 0.1) is 11.8 Å². The fourth-order valence-corrected chi connectivity index (χ4v) is 1.89. The van der Waals surface area contributed by atoms with Crippen LogP contribution in [-0.4, -0.2) is 35.1 Å². The third-order valence-corrected chi connectivity index (χ3v) is 2.82. The summed E-state index contributed by atoms with van der Waals surface area (Å²) in [6.07, 6.45) is 2.55. The van der Waals surface area contributed by atoms with E-state index in [1.807, 2.05) is 0 Å². The minimum Gasteiger partial charge on any atom is -0.480 e. The van der Waals surface area contributed by atoms with Crippen molar-refractivity contribution < 1.29 is 9.90 Å². The van der Waals surface area contributed by atoms with Gasteiger partial charge in [0.25, 0.3) is 0 Å². The van der Waals surface area contributed by atoms with E-state index in [2.05, 4.69) is 25.7 Å². The zero-order valence-corrected chi connectivity index (χ0v) is 9.36. The van der Waals surface area contributed by atoms with Crippen LogP contribution < -0.4 is 0 Å². The zero-order valence-electron chi connectivity index (χ0n) is 9.36. The Bertz CT molecular complexity index is 199. The zero-order chi connectivity index (χ0) is 10.7. The maximum atomic E-state index is 10.7. The van der Waals surface area contributed by atoms with Crippen LogP contribution in [0.25, 0.3) is 0 Å². The summed E-state index contributed by atoms with van der Waals surface area (Å²) >= 11 is 0. The molecule has 3 nitrogen and oxygen atoms in total. The summed E-state index contributed by atoms with van der Waals surface area (Å²) in [7, 11) is 0. The summed E-state index contributed by atoms with van der Waals surface area (Å²) in [6, 6.07) is 0.438. The third kappa shape index (κ3) is 3.66. The van der Waals surface area contributed by atoms with Gasteiger partial charge in [-0.1, -0.05) is 13.8 Å². The Morgan fingerprint density at radius 3 is 2.36 bits per heavy atom. The summed E-state index contributed by atoms with van der Waals surface area (Å²) in [5.74, 6) is 0.571. The quantitative estimate of drug-likeness (QED) is 0.709. The van der Waals surface area contributed by atoms with E-state index in [9.17, 15) is 4.79 Å². The molecule has 0 saturated heterocycles. The highest BCUT2D eigenvalue weighted by molar-refractivity contribution is 5.69. The van der Waals surface area contributed by atoms with Crippen molar-refractivity contribution in [3.8, 4) is 0 Å². The molecule has 0 radical (unpaired) electrons. The van der Waals surface area contributed by atoms with E-state index >= 15 is 0 Å². The van der Waals surface area contributed by atoms with Crippen LogP contribution in [-0.2, 0) is 4.79 Å². The van der Waals surface area contributed by atoms with Crippen molar-refractivity contribution in [2.45, 2.75) is 39.7 Å². The lowest BCUT2D eigenvalue weighted by molar-refractivity contribution is -0.139. The lowest BCUT2D eigenvalue weighted by Crippen LogP contribution is -2.40. The lowest BCUT2D eigenvalue weighted by atomic mass is 10.1. The number of aliphatic carboxylic acids is 1. The number of hydrogen-bond acceptors (Lipinski definition) is 2. The number of carbonyl (C=O) groups is 1. The molecule has 0 aromatic carbocycles. The van der Waals surface area contributed by atoms with Crippen molar-refractivity contribution in [1.29, 1.82) is 0 Å². The van der Waals surface area contributed by atoms with Crippen molar-refractivity contribution in [2.75, 3.05) is 13.1 Å². The molecule has 1 atom stereocenters. The maximum absolute atomic E-state index is 10.7. The molecule has 1 N–H and O–H groups in total. The predicted octanol–water partition coefficient (Wildman–Crippen LogP) is 1.83. The third-order valence-electron chi connectivity index (χ3n) is 2.82. The molecule has 1 rings (SSSR count). The first kappa shape index (κ1) is 11.5. The second kappa shape index (κ2) is 4.78. The summed E-state index contributed by atoms with van der Waals surface area (Å²) in [4.78, 5) is 12.8. The van der Waals surface area contributed by atoms with Crippen LogP contribution in [0.15, 0.2) is 0 Å². The number of nitrogens with zero attached hydrogens (tertiary/aromatic N) is 1. The van der Waals surface area contributed by atoms with Gasteiger partial charge >= 0.3 is 5.97 Å². The predicted molar refractivity (Wildman–Crippen MR) is 56.2 cm³/mol. The van der Waals surface area contributed by atoms with Crippen molar-refractivity contribution in [1.82, 2.24) is 4.90 Å². The summed E-state index contributed by atoms with van der Waals surface area (Å²) in [5.41, 5.74) is 0. The topological polar surface area (TPSA) is 40.5 Å². The van der Waals surface area contributed by atoms with Crippen LogP contribution in [0.1, 0.15) is 33.6 Å². The van der Waals surface area contributed by atoms with Crippen molar-refractivity contribution >= 4 is 5.97 Å². The highest BCUT2D eigenvalue weighted by atomic mass is 16.4. The van der Waals surface area contributed by atoms with Gasteiger partial charge in [0.05, 0.1) is 6.54 Å². The smallest absolute Gasteiger partial charge is 0.317 e. The molecule has 0 heterocycles. The molecule has 3 heteroatoms. The minimum atomic E-state index is -0.710. The van der Waals surface area contributed by atoms with Crippen LogP contribution in [0.3, 0.4) is 0 Å². The summed E-state index contributed by atoms with van der Waals surface area (Å²) in [5, 5.41) is 8.81. The highest BCUT2D eigenvalue weighted by Gasteiger charge is 2.32. The van der Waals surface area contributed by atoms with Crippen LogP contribution >= 0.6 is 0 Å². The van der Waals surface area contributed by atoms with Crippen molar-refractivity contribution in [3.63, 3.8) is 0 Å². The monoisotopic (exact) mass is 199 g/mol. The van der Waals surface area contributed by atoms with E-state index in [1.165, 1.54) is 12.8 Å². The first-order valence-electron chi connectivity index (χ1n) is 5.46. The molecule has 0 aromatic rings. The van der Waals surface area contributed by atoms with Gasteiger partial charge in [-0.15, -0.1) is 0 Å². The Kier molecular flexibility index (Phi) is 3.93. The van der Waals surface area contributed by atoms with Gasteiger partial charge in [-0.2, -0.15) is 0 Å². The summed E-state index contributed by atoms with van der Waals surface area (Å²) in [6.45, 7) is 7.51. The average molecular weight is 199 g/mol. The Hall–Kier alpha value is -0.570. The molecule has 0 spiro atoms. The van der Waals surface area contributed by atoms with Gasteiger partial charge in [-0.05, 0) is 31.6 Å². The van der Waals surface area contributed by atoms with E-state index < -0.39 is 5.97 Å².